The number of hydrogen-bond donors (Lipinski definition) is 1. The van der Waals surface area contributed by atoms with E-state index in [1.54, 1.807) is 12.2 Å². The topological polar surface area (TPSA) is 38.3 Å². The molecular weight excluding hydrogens is 286 g/mol. The molecule has 0 heterocycles. The smallest absolute Gasteiger partial charge is 0.244 e. The Kier molecular flexibility index (Phi) is 6.12. The van der Waals surface area contributed by atoms with Gasteiger partial charge in [0, 0.05) is 6.08 Å². The number of hydrogen-bond acceptors (Lipinski definition) is 2. The molecule has 3 nitrogen and oxygen atoms in total. The van der Waals surface area contributed by atoms with E-state index in [0.29, 0.717) is 13.2 Å². The van der Waals surface area contributed by atoms with Crippen LogP contribution in [0.1, 0.15) is 25.0 Å². The van der Waals surface area contributed by atoms with Crippen LogP contribution in [-0.4, -0.2) is 18.1 Å². The highest BCUT2D eigenvalue weighted by Crippen LogP contribution is 2.07. The predicted octanol–water partition coefficient (Wildman–Crippen LogP) is 3.81. The standard InChI is InChI=1S/C20H23NO2/c1-20(2,16-23-15-18-11-7-4-8-12-18)21-19(22)14-13-17-9-5-3-6-10-17/h3-14H,15-16H2,1-2H3,(H,21,22)/b14-13+. The van der Waals surface area contributed by atoms with E-state index in [0.717, 1.165) is 11.1 Å². The molecule has 0 aliphatic carbocycles. The molecule has 0 saturated heterocycles. The zero-order chi connectivity index (χ0) is 16.5. The predicted molar refractivity (Wildman–Crippen MR) is 93.8 cm³/mol. The molecule has 0 atom stereocenters. The Balaban J connectivity index is 1.78. The van der Waals surface area contributed by atoms with E-state index in [-0.39, 0.29) is 5.91 Å². The van der Waals surface area contributed by atoms with Gasteiger partial charge in [0.1, 0.15) is 0 Å². The van der Waals surface area contributed by atoms with E-state index >= 15 is 0 Å². The minimum absolute atomic E-state index is 0.123. The lowest BCUT2D eigenvalue weighted by atomic mass is 10.1. The lowest BCUT2D eigenvalue weighted by Crippen LogP contribution is -2.46. The van der Waals surface area contributed by atoms with Crippen molar-refractivity contribution in [3.8, 4) is 0 Å². The van der Waals surface area contributed by atoms with Gasteiger partial charge in [-0.15, -0.1) is 0 Å². The molecule has 0 radical (unpaired) electrons. The average molecular weight is 309 g/mol. The normalized spacial score (nSPS) is 11.6. The summed E-state index contributed by atoms with van der Waals surface area (Å²) in [4.78, 5) is 12.0. The maximum absolute atomic E-state index is 12.0. The highest BCUT2D eigenvalue weighted by atomic mass is 16.5. The molecule has 23 heavy (non-hydrogen) atoms. The average Bonchev–Trinajstić information content (AvgIpc) is 2.54. The zero-order valence-electron chi connectivity index (χ0n) is 13.7. The molecule has 120 valence electrons. The number of rotatable bonds is 7. The molecule has 0 spiro atoms. The molecule has 2 aromatic rings. The van der Waals surface area contributed by atoms with Crippen molar-refractivity contribution in [2.75, 3.05) is 6.61 Å². The summed E-state index contributed by atoms with van der Waals surface area (Å²) < 4.78 is 5.71. The van der Waals surface area contributed by atoms with Crippen LogP contribution >= 0.6 is 0 Å². The summed E-state index contributed by atoms with van der Waals surface area (Å²) in [6, 6.07) is 19.7. The first-order valence-electron chi connectivity index (χ1n) is 7.72. The minimum Gasteiger partial charge on any atom is -0.374 e. The van der Waals surface area contributed by atoms with Crippen LogP contribution in [0.25, 0.3) is 6.08 Å². The molecule has 1 amide bonds. The molecule has 0 bridgehead atoms. The Bertz CT molecular complexity index is 633. The van der Waals surface area contributed by atoms with Gasteiger partial charge in [-0.2, -0.15) is 0 Å². The summed E-state index contributed by atoms with van der Waals surface area (Å²) in [6.07, 6.45) is 3.35. The van der Waals surface area contributed by atoms with Crippen molar-refractivity contribution in [2.45, 2.75) is 26.0 Å². The fourth-order valence-corrected chi connectivity index (χ4v) is 2.15. The monoisotopic (exact) mass is 309 g/mol. The van der Waals surface area contributed by atoms with Crippen molar-refractivity contribution in [3.05, 3.63) is 77.9 Å². The van der Waals surface area contributed by atoms with Crippen LogP contribution in [0.2, 0.25) is 0 Å². The molecule has 0 aromatic heterocycles. The summed E-state index contributed by atoms with van der Waals surface area (Å²) >= 11 is 0. The molecule has 0 aliphatic rings. The Morgan fingerprint density at radius 2 is 1.65 bits per heavy atom. The van der Waals surface area contributed by atoms with Crippen molar-refractivity contribution in [2.24, 2.45) is 0 Å². The van der Waals surface area contributed by atoms with Crippen LogP contribution in [0.3, 0.4) is 0 Å². The Labute approximate surface area is 138 Å². The zero-order valence-corrected chi connectivity index (χ0v) is 13.7. The molecule has 0 fully saturated rings. The fourth-order valence-electron chi connectivity index (χ4n) is 2.15. The third-order valence-electron chi connectivity index (χ3n) is 3.26. The van der Waals surface area contributed by atoms with Crippen LogP contribution in [0, 0.1) is 0 Å². The van der Waals surface area contributed by atoms with Gasteiger partial charge in [-0.05, 0) is 31.1 Å². The SMILES string of the molecule is CC(C)(COCc1ccccc1)NC(=O)/C=C/c1ccccc1. The quantitative estimate of drug-likeness (QED) is 0.790. The lowest BCUT2D eigenvalue weighted by Gasteiger charge is -2.25. The third-order valence-corrected chi connectivity index (χ3v) is 3.26. The van der Waals surface area contributed by atoms with Crippen LogP contribution in [0.15, 0.2) is 66.7 Å². The molecule has 3 heteroatoms. The van der Waals surface area contributed by atoms with Gasteiger partial charge in [-0.3, -0.25) is 4.79 Å². The van der Waals surface area contributed by atoms with Gasteiger partial charge in [0.15, 0.2) is 0 Å². The molecular formula is C20H23NO2. The van der Waals surface area contributed by atoms with Gasteiger partial charge >= 0.3 is 0 Å². The fraction of sp³-hybridized carbons (Fsp3) is 0.250. The maximum atomic E-state index is 12.0. The van der Waals surface area contributed by atoms with Crippen LogP contribution < -0.4 is 5.32 Å². The van der Waals surface area contributed by atoms with Crippen LogP contribution in [0.4, 0.5) is 0 Å². The Hall–Kier alpha value is -2.39. The summed E-state index contributed by atoms with van der Waals surface area (Å²) in [5, 5.41) is 2.96. The first kappa shape index (κ1) is 17.0. The highest BCUT2D eigenvalue weighted by molar-refractivity contribution is 5.92. The summed E-state index contributed by atoms with van der Waals surface area (Å²) in [5.41, 5.74) is 1.70. The Morgan fingerprint density at radius 3 is 2.30 bits per heavy atom. The molecule has 0 aliphatic heterocycles. The summed E-state index contributed by atoms with van der Waals surface area (Å²) in [6.45, 7) is 4.89. The van der Waals surface area contributed by atoms with E-state index in [9.17, 15) is 4.79 Å². The van der Waals surface area contributed by atoms with Crippen molar-refractivity contribution in [1.82, 2.24) is 5.32 Å². The Morgan fingerprint density at radius 1 is 1.04 bits per heavy atom. The third kappa shape index (κ3) is 6.49. The number of ether oxygens (including phenoxy) is 1. The first-order chi connectivity index (χ1) is 11.1. The second kappa shape index (κ2) is 8.30. The van der Waals surface area contributed by atoms with E-state index in [2.05, 4.69) is 5.32 Å². The van der Waals surface area contributed by atoms with E-state index in [1.807, 2.05) is 74.5 Å². The largest absolute Gasteiger partial charge is 0.374 e. The second-order valence-corrected chi connectivity index (χ2v) is 6.10. The van der Waals surface area contributed by atoms with Gasteiger partial charge in [-0.1, -0.05) is 60.7 Å². The molecule has 2 aromatic carbocycles. The van der Waals surface area contributed by atoms with Crippen molar-refractivity contribution in [1.29, 1.82) is 0 Å². The second-order valence-electron chi connectivity index (χ2n) is 6.10. The van der Waals surface area contributed by atoms with E-state index in [1.165, 1.54) is 0 Å². The molecule has 0 saturated carbocycles. The summed E-state index contributed by atoms with van der Waals surface area (Å²) in [7, 11) is 0. The summed E-state index contributed by atoms with van der Waals surface area (Å²) in [5.74, 6) is -0.123. The van der Waals surface area contributed by atoms with Gasteiger partial charge in [0.25, 0.3) is 0 Å². The van der Waals surface area contributed by atoms with Crippen molar-refractivity contribution >= 4 is 12.0 Å². The maximum Gasteiger partial charge on any atom is 0.244 e. The number of amides is 1. The minimum atomic E-state index is -0.424. The van der Waals surface area contributed by atoms with Crippen molar-refractivity contribution < 1.29 is 9.53 Å². The molecule has 2 rings (SSSR count). The first-order valence-corrected chi connectivity index (χ1v) is 7.72. The number of carbonyl (C=O) groups excluding carboxylic acids is 1. The van der Waals surface area contributed by atoms with Gasteiger partial charge in [0.2, 0.25) is 5.91 Å². The number of nitrogens with one attached hydrogen (secondary N) is 1. The molecule has 1 N–H and O–H groups in total. The lowest BCUT2D eigenvalue weighted by molar-refractivity contribution is -0.118. The molecule has 0 unspecified atom stereocenters. The van der Waals surface area contributed by atoms with Crippen LogP contribution in [0.5, 0.6) is 0 Å². The highest BCUT2D eigenvalue weighted by Gasteiger charge is 2.19. The van der Waals surface area contributed by atoms with E-state index < -0.39 is 5.54 Å². The van der Waals surface area contributed by atoms with Gasteiger partial charge < -0.3 is 10.1 Å². The van der Waals surface area contributed by atoms with Gasteiger partial charge in [-0.25, -0.2) is 0 Å². The number of carbonyl (C=O) groups is 1. The van der Waals surface area contributed by atoms with Crippen LogP contribution in [-0.2, 0) is 16.1 Å². The number of benzene rings is 2. The van der Waals surface area contributed by atoms with E-state index in [4.69, 9.17) is 4.74 Å². The van der Waals surface area contributed by atoms with Crippen molar-refractivity contribution in [3.63, 3.8) is 0 Å². The van der Waals surface area contributed by atoms with Gasteiger partial charge in [0.05, 0.1) is 18.8 Å².